The Bertz CT molecular complexity index is 955. The van der Waals surface area contributed by atoms with Crippen LogP contribution in [0.15, 0.2) is 51.4 Å². The molecule has 1 aromatic carbocycles. The number of thiazole rings is 1. The number of nitrogens with one attached hydrogen (secondary N) is 1. The van der Waals surface area contributed by atoms with Crippen molar-refractivity contribution in [3.63, 3.8) is 0 Å². The minimum absolute atomic E-state index is 0.0497. The minimum atomic E-state index is -5.18. The SMILES string of the molecule is CCOC(=O)C(NC(=O)c1ccco1)(Sc1nc2ccccc2s1)C(F)(F)F. The van der Waals surface area contributed by atoms with Crippen LogP contribution in [0.3, 0.4) is 0 Å². The number of carbonyl (C=O) groups excluding carboxylic acids is 2. The van der Waals surface area contributed by atoms with E-state index in [4.69, 9.17) is 4.42 Å². The summed E-state index contributed by atoms with van der Waals surface area (Å²) in [7, 11) is 0. The van der Waals surface area contributed by atoms with Crippen molar-refractivity contribution in [3.8, 4) is 0 Å². The number of nitrogens with zero attached hydrogens (tertiary/aromatic N) is 1. The lowest BCUT2D eigenvalue weighted by Gasteiger charge is -2.32. The second-order valence-electron chi connectivity index (χ2n) is 5.38. The molecule has 0 radical (unpaired) electrons. The van der Waals surface area contributed by atoms with E-state index in [0.717, 1.165) is 17.6 Å². The normalized spacial score (nSPS) is 13.9. The fourth-order valence-electron chi connectivity index (χ4n) is 2.25. The Morgan fingerprint density at radius 2 is 2.00 bits per heavy atom. The summed E-state index contributed by atoms with van der Waals surface area (Å²) in [6, 6.07) is 9.27. The number of hydrogen-bond acceptors (Lipinski definition) is 7. The van der Waals surface area contributed by atoms with Crippen molar-refractivity contribution < 1.29 is 31.9 Å². The van der Waals surface area contributed by atoms with Crippen LogP contribution in [0.25, 0.3) is 10.2 Å². The molecular formula is C17H13F3N2O4S2. The number of furan rings is 1. The van der Waals surface area contributed by atoms with E-state index in [2.05, 4.69) is 9.72 Å². The summed E-state index contributed by atoms with van der Waals surface area (Å²) >= 11 is 1.05. The Kier molecular flexibility index (Phi) is 5.66. The maximum absolute atomic E-state index is 14.1. The van der Waals surface area contributed by atoms with Crippen molar-refractivity contribution in [2.24, 2.45) is 0 Å². The summed E-state index contributed by atoms with van der Waals surface area (Å²) in [4.78, 5) is 25.4. The van der Waals surface area contributed by atoms with Gasteiger partial charge in [0.05, 0.1) is 23.1 Å². The first kappa shape index (κ1) is 20.2. The topological polar surface area (TPSA) is 81.4 Å². The van der Waals surface area contributed by atoms with E-state index in [9.17, 15) is 22.8 Å². The number of alkyl halides is 3. The zero-order valence-electron chi connectivity index (χ0n) is 14.3. The summed E-state index contributed by atoms with van der Waals surface area (Å²) in [6.07, 6.45) is -4.04. The molecule has 2 heterocycles. The molecule has 1 atom stereocenters. The van der Waals surface area contributed by atoms with Crippen LogP contribution in [0, 0.1) is 0 Å². The van der Waals surface area contributed by atoms with Gasteiger partial charge in [-0.1, -0.05) is 12.1 Å². The molecule has 1 amide bonds. The number of benzene rings is 1. The summed E-state index contributed by atoms with van der Waals surface area (Å²) < 4.78 is 52.4. The van der Waals surface area contributed by atoms with Gasteiger partial charge in [0.2, 0.25) is 0 Å². The number of ether oxygens (including phenoxy) is 1. The first-order valence-corrected chi connectivity index (χ1v) is 9.54. The number of esters is 1. The lowest BCUT2D eigenvalue weighted by Crippen LogP contribution is -2.62. The van der Waals surface area contributed by atoms with Gasteiger partial charge < -0.3 is 14.5 Å². The number of halogens is 3. The Labute approximate surface area is 165 Å². The molecule has 0 bridgehead atoms. The molecule has 0 fully saturated rings. The highest BCUT2D eigenvalue weighted by Gasteiger charge is 2.64. The summed E-state index contributed by atoms with van der Waals surface area (Å²) in [6.45, 7) is 1.07. The quantitative estimate of drug-likeness (QED) is 0.358. The number of amides is 1. The van der Waals surface area contributed by atoms with Crippen molar-refractivity contribution in [2.75, 3.05) is 6.61 Å². The number of fused-ring (bicyclic) bond motifs is 1. The highest BCUT2D eigenvalue weighted by molar-refractivity contribution is 8.03. The average Bonchev–Trinajstić information content (AvgIpc) is 3.29. The van der Waals surface area contributed by atoms with Crippen molar-refractivity contribution in [1.82, 2.24) is 10.3 Å². The maximum atomic E-state index is 14.1. The third-order valence-corrected chi connectivity index (χ3v) is 5.91. The summed E-state index contributed by atoms with van der Waals surface area (Å²) in [5.74, 6) is -3.22. The van der Waals surface area contributed by atoms with E-state index in [1.807, 2.05) is 0 Å². The van der Waals surface area contributed by atoms with Gasteiger partial charge >= 0.3 is 12.1 Å². The molecule has 6 nitrogen and oxygen atoms in total. The highest BCUT2D eigenvalue weighted by atomic mass is 32.2. The molecule has 1 unspecified atom stereocenters. The molecule has 0 aliphatic rings. The van der Waals surface area contributed by atoms with E-state index in [1.165, 1.54) is 19.1 Å². The molecule has 0 aliphatic heterocycles. The minimum Gasteiger partial charge on any atom is -0.463 e. The van der Waals surface area contributed by atoms with Crippen LogP contribution < -0.4 is 5.32 Å². The van der Waals surface area contributed by atoms with E-state index < -0.39 is 22.9 Å². The van der Waals surface area contributed by atoms with Crippen LogP contribution in [-0.2, 0) is 9.53 Å². The Hall–Kier alpha value is -2.53. The molecule has 2 aromatic heterocycles. The van der Waals surface area contributed by atoms with Gasteiger partial charge in [0, 0.05) is 0 Å². The van der Waals surface area contributed by atoms with Crippen molar-refractivity contribution in [3.05, 3.63) is 48.4 Å². The van der Waals surface area contributed by atoms with E-state index >= 15 is 0 Å². The van der Waals surface area contributed by atoms with Crippen LogP contribution in [0.1, 0.15) is 17.5 Å². The van der Waals surface area contributed by atoms with Gasteiger partial charge in [-0.25, -0.2) is 9.78 Å². The average molecular weight is 430 g/mol. The third-order valence-electron chi connectivity index (χ3n) is 3.51. The van der Waals surface area contributed by atoms with Gasteiger partial charge in [0.15, 0.2) is 10.1 Å². The van der Waals surface area contributed by atoms with Gasteiger partial charge in [-0.15, -0.1) is 11.3 Å². The first-order valence-electron chi connectivity index (χ1n) is 7.91. The standard InChI is InChI=1S/C17H13F3N2O4S2/c1-2-25-14(24)16(17(18,19)20,22-13(23)11-7-5-9-26-11)28-15-21-10-6-3-4-8-12(10)27-15/h3-9H,2H2,1H3,(H,22,23). The van der Waals surface area contributed by atoms with E-state index in [1.54, 1.807) is 29.6 Å². The molecular weight excluding hydrogens is 417 g/mol. The lowest BCUT2D eigenvalue weighted by atomic mass is 10.2. The molecule has 148 valence electrons. The zero-order chi connectivity index (χ0) is 20.4. The Morgan fingerprint density at radius 1 is 1.25 bits per heavy atom. The predicted molar refractivity (Wildman–Crippen MR) is 97.1 cm³/mol. The first-order chi connectivity index (χ1) is 13.3. The predicted octanol–water partition coefficient (Wildman–Crippen LogP) is 4.23. The molecule has 0 spiro atoms. The smallest absolute Gasteiger partial charge is 0.432 e. The monoisotopic (exact) mass is 430 g/mol. The number of aromatic nitrogens is 1. The fraction of sp³-hybridized carbons (Fsp3) is 0.235. The zero-order valence-corrected chi connectivity index (χ0v) is 15.9. The lowest BCUT2D eigenvalue weighted by molar-refractivity contribution is -0.190. The molecule has 11 heteroatoms. The second-order valence-corrected chi connectivity index (χ2v) is 7.87. The van der Waals surface area contributed by atoms with E-state index in [0.29, 0.717) is 10.2 Å². The molecule has 3 aromatic rings. The van der Waals surface area contributed by atoms with Gasteiger partial charge in [0.1, 0.15) is 0 Å². The molecule has 1 N–H and O–H groups in total. The van der Waals surface area contributed by atoms with Crippen molar-refractivity contribution in [2.45, 2.75) is 22.3 Å². The van der Waals surface area contributed by atoms with E-state index in [-0.39, 0.29) is 28.5 Å². The van der Waals surface area contributed by atoms with Gasteiger partial charge in [-0.2, -0.15) is 13.2 Å². The van der Waals surface area contributed by atoms with Crippen molar-refractivity contribution in [1.29, 1.82) is 0 Å². The summed E-state index contributed by atoms with van der Waals surface area (Å²) in [5.41, 5.74) is 0.479. The van der Waals surface area contributed by atoms with Crippen LogP contribution in [0.4, 0.5) is 13.2 Å². The molecule has 0 aliphatic carbocycles. The molecule has 0 saturated carbocycles. The highest BCUT2D eigenvalue weighted by Crippen LogP contribution is 2.46. The van der Waals surface area contributed by atoms with Crippen LogP contribution in [0.5, 0.6) is 0 Å². The number of hydrogen-bond donors (Lipinski definition) is 1. The second kappa shape index (κ2) is 7.84. The maximum Gasteiger partial charge on any atom is 0.432 e. The Morgan fingerprint density at radius 3 is 2.61 bits per heavy atom. The van der Waals surface area contributed by atoms with Crippen LogP contribution in [0.2, 0.25) is 0 Å². The van der Waals surface area contributed by atoms with Gasteiger partial charge in [-0.3, -0.25) is 4.79 Å². The number of rotatable bonds is 6. The number of carbonyl (C=O) groups is 2. The molecule has 0 saturated heterocycles. The van der Waals surface area contributed by atoms with Crippen LogP contribution >= 0.6 is 23.1 Å². The number of para-hydroxylation sites is 1. The largest absolute Gasteiger partial charge is 0.463 e. The van der Waals surface area contributed by atoms with Crippen molar-refractivity contribution >= 4 is 45.2 Å². The van der Waals surface area contributed by atoms with Gasteiger partial charge in [-0.05, 0) is 43.0 Å². The molecule has 28 heavy (non-hydrogen) atoms. The fourth-order valence-corrected chi connectivity index (χ4v) is 4.57. The van der Waals surface area contributed by atoms with Gasteiger partial charge in [0.25, 0.3) is 10.8 Å². The van der Waals surface area contributed by atoms with Crippen LogP contribution in [-0.4, -0.2) is 34.5 Å². The summed E-state index contributed by atoms with van der Waals surface area (Å²) in [5, 5.41) is 1.75. The Balaban J connectivity index is 2.05. The third kappa shape index (κ3) is 3.85. The molecule has 3 rings (SSSR count). The number of thioether (sulfide) groups is 1.